The monoisotopic (exact) mass is 210 g/mol. The van der Waals surface area contributed by atoms with Crippen LogP contribution in [0.15, 0.2) is 24.3 Å². The minimum absolute atomic E-state index is 0.107. The summed E-state index contributed by atoms with van der Waals surface area (Å²) in [7, 11) is 0. The first-order valence-electron chi connectivity index (χ1n) is 5.19. The van der Waals surface area contributed by atoms with Gasteiger partial charge in [0.05, 0.1) is 6.10 Å². The van der Waals surface area contributed by atoms with Crippen molar-refractivity contribution in [2.45, 2.75) is 37.7 Å². The van der Waals surface area contributed by atoms with E-state index in [1.807, 2.05) is 12.1 Å². The molecule has 76 valence electrons. The molecule has 1 nitrogen and oxygen atoms in total. The van der Waals surface area contributed by atoms with Gasteiger partial charge in [-0.1, -0.05) is 30.2 Å². The maximum atomic E-state index is 9.57. The number of aliphatic hydroxyl groups is 1. The maximum Gasteiger partial charge on any atom is 0.0546 e. The van der Waals surface area contributed by atoms with Crippen LogP contribution < -0.4 is 0 Å². The third kappa shape index (κ3) is 2.28. The molecule has 0 spiro atoms. The van der Waals surface area contributed by atoms with Crippen LogP contribution in [-0.4, -0.2) is 11.2 Å². The molecule has 0 amide bonds. The van der Waals surface area contributed by atoms with Crippen molar-refractivity contribution in [2.24, 2.45) is 0 Å². The molecule has 1 aromatic carbocycles. The van der Waals surface area contributed by atoms with Crippen LogP contribution in [0.25, 0.3) is 0 Å². The van der Waals surface area contributed by atoms with Crippen LogP contribution in [0.1, 0.15) is 37.2 Å². The summed E-state index contributed by atoms with van der Waals surface area (Å²) in [5, 5.41) is 10.4. The molecule has 0 aliphatic heterocycles. The highest BCUT2D eigenvalue weighted by molar-refractivity contribution is 6.30. The first-order chi connectivity index (χ1) is 6.75. The molecule has 0 bridgehead atoms. The number of hydrogen-bond donors (Lipinski definition) is 1. The van der Waals surface area contributed by atoms with E-state index in [4.69, 9.17) is 11.6 Å². The Bertz CT molecular complexity index is 294. The normalized spacial score (nSPS) is 27.6. The van der Waals surface area contributed by atoms with Crippen molar-refractivity contribution < 1.29 is 5.11 Å². The molecule has 0 heterocycles. The summed E-state index contributed by atoms with van der Waals surface area (Å²) in [6, 6.07) is 8.01. The second-order valence-corrected chi connectivity index (χ2v) is 4.51. The van der Waals surface area contributed by atoms with E-state index < -0.39 is 0 Å². The second-order valence-electron chi connectivity index (χ2n) is 4.07. The fourth-order valence-corrected chi connectivity index (χ4v) is 2.33. The van der Waals surface area contributed by atoms with E-state index >= 15 is 0 Å². The fraction of sp³-hybridized carbons (Fsp3) is 0.500. The summed E-state index contributed by atoms with van der Waals surface area (Å²) in [5.41, 5.74) is 1.31. The number of rotatable bonds is 1. The highest BCUT2D eigenvalue weighted by atomic mass is 35.5. The van der Waals surface area contributed by atoms with Gasteiger partial charge < -0.3 is 5.11 Å². The Kier molecular flexibility index (Phi) is 3.09. The molecule has 1 aliphatic carbocycles. The third-order valence-corrected chi connectivity index (χ3v) is 3.24. The molecule has 0 radical (unpaired) electrons. The Morgan fingerprint density at radius 3 is 2.50 bits per heavy atom. The van der Waals surface area contributed by atoms with Gasteiger partial charge >= 0.3 is 0 Å². The molecule has 2 rings (SSSR count). The SMILES string of the molecule is OC1CCCC(c2ccc(Cl)cc2)C1. The highest BCUT2D eigenvalue weighted by Crippen LogP contribution is 2.33. The Morgan fingerprint density at radius 2 is 1.86 bits per heavy atom. The van der Waals surface area contributed by atoms with Gasteiger partial charge in [0.1, 0.15) is 0 Å². The predicted molar refractivity (Wildman–Crippen MR) is 58.7 cm³/mol. The van der Waals surface area contributed by atoms with Gasteiger partial charge in [-0.05, 0) is 42.9 Å². The average molecular weight is 211 g/mol. The molecular formula is C12H15ClO. The maximum absolute atomic E-state index is 9.57. The van der Waals surface area contributed by atoms with Crippen LogP contribution in [0.5, 0.6) is 0 Å². The number of aliphatic hydroxyl groups excluding tert-OH is 1. The number of benzene rings is 1. The van der Waals surface area contributed by atoms with Crippen LogP contribution in [0.2, 0.25) is 5.02 Å². The summed E-state index contributed by atoms with van der Waals surface area (Å²) in [6.07, 6.45) is 4.09. The van der Waals surface area contributed by atoms with E-state index in [1.165, 1.54) is 12.0 Å². The van der Waals surface area contributed by atoms with Crippen molar-refractivity contribution in [1.82, 2.24) is 0 Å². The van der Waals surface area contributed by atoms with E-state index in [9.17, 15) is 5.11 Å². The average Bonchev–Trinajstić information content (AvgIpc) is 2.19. The first kappa shape index (κ1) is 10.0. The Labute approximate surface area is 89.7 Å². The van der Waals surface area contributed by atoms with Crippen molar-refractivity contribution in [1.29, 1.82) is 0 Å². The molecule has 1 aromatic rings. The van der Waals surface area contributed by atoms with E-state index in [-0.39, 0.29) is 6.10 Å². The van der Waals surface area contributed by atoms with Crippen molar-refractivity contribution in [2.75, 3.05) is 0 Å². The molecule has 2 atom stereocenters. The van der Waals surface area contributed by atoms with Crippen molar-refractivity contribution >= 4 is 11.6 Å². The zero-order valence-corrected chi connectivity index (χ0v) is 8.87. The standard InChI is InChI=1S/C12H15ClO/c13-11-6-4-9(5-7-11)10-2-1-3-12(14)8-10/h4-7,10,12,14H,1-3,8H2. The predicted octanol–water partition coefficient (Wildman–Crippen LogP) is 3.36. The lowest BCUT2D eigenvalue weighted by molar-refractivity contribution is 0.119. The van der Waals surface area contributed by atoms with E-state index in [0.29, 0.717) is 5.92 Å². The van der Waals surface area contributed by atoms with Crippen molar-refractivity contribution in [3.05, 3.63) is 34.9 Å². The molecular weight excluding hydrogens is 196 g/mol. The molecule has 1 N–H and O–H groups in total. The molecule has 1 fully saturated rings. The minimum atomic E-state index is -0.107. The molecule has 0 aromatic heterocycles. The zero-order chi connectivity index (χ0) is 9.97. The van der Waals surface area contributed by atoms with Crippen LogP contribution in [0, 0.1) is 0 Å². The number of hydrogen-bond acceptors (Lipinski definition) is 1. The lowest BCUT2D eigenvalue weighted by Crippen LogP contribution is -2.17. The topological polar surface area (TPSA) is 20.2 Å². The van der Waals surface area contributed by atoms with Gasteiger partial charge in [0.2, 0.25) is 0 Å². The van der Waals surface area contributed by atoms with Crippen molar-refractivity contribution in [3.63, 3.8) is 0 Å². The Hall–Kier alpha value is -0.530. The molecule has 2 heteroatoms. The van der Waals surface area contributed by atoms with E-state index in [2.05, 4.69) is 12.1 Å². The van der Waals surface area contributed by atoms with Gasteiger partial charge in [0.25, 0.3) is 0 Å². The quantitative estimate of drug-likeness (QED) is 0.754. The highest BCUT2D eigenvalue weighted by Gasteiger charge is 2.21. The lowest BCUT2D eigenvalue weighted by Gasteiger charge is -2.26. The van der Waals surface area contributed by atoms with Crippen LogP contribution in [0.4, 0.5) is 0 Å². The molecule has 0 saturated heterocycles. The second kappa shape index (κ2) is 4.33. The number of halogens is 1. The van der Waals surface area contributed by atoms with Gasteiger partial charge in [0, 0.05) is 5.02 Å². The van der Waals surface area contributed by atoms with Gasteiger partial charge in [-0.3, -0.25) is 0 Å². The summed E-state index contributed by atoms with van der Waals surface area (Å²) < 4.78 is 0. The van der Waals surface area contributed by atoms with Crippen LogP contribution in [-0.2, 0) is 0 Å². The van der Waals surface area contributed by atoms with Gasteiger partial charge in [-0.2, -0.15) is 0 Å². The largest absolute Gasteiger partial charge is 0.393 e. The van der Waals surface area contributed by atoms with Gasteiger partial charge in [-0.25, -0.2) is 0 Å². The summed E-state index contributed by atoms with van der Waals surface area (Å²) in [6.45, 7) is 0. The summed E-state index contributed by atoms with van der Waals surface area (Å²) >= 11 is 5.83. The van der Waals surface area contributed by atoms with E-state index in [1.54, 1.807) is 0 Å². The van der Waals surface area contributed by atoms with Crippen LogP contribution >= 0.6 is 11.6 Å². The molecule has 1 aliphatic rings. The smallest absolute Gasteiger partial charge is 0.0546 e. The van der Waals surface area contributed by atoms with E-state index in [0.717, 1.165) is 24.3 Å². The third-order valence-electron chi connectivity index (χ3n) is 2.99. The lowest BCUT2D eigenvalue weighted by atomic mass is 9.83. The summed E-state index contributed by atoms with van der Waals surface area (Å²) in [4.78, 5) is 0. The molecule has 14 heavy (non-hydrogen) atoms. The minimum Gasteiger partial charge on any atom is -0.393 e. The van der Waals surface area contributed by atoms with Crippen molar-refractivity contribution in [3.8, 4) is 0 Å². The van der Waals surface area contributed by atoms with Gasteiger partial charge in [0.15, 0.2) is 0 Å². The fourth-order valence-electron chi connectivity index (χ4n) is 2.20. The molecule has 1 saturated carbocycles. The van der Waals surface area contributed by atoms with Gasteiger partial charge in [-0.15, -0.1) is 0 Å². The first-order valence-corrected chi connectivity index (χ1v) is 5.57. The zero-order valence-electron chi connectivity index (χ0n) is 8.12. The summed E-state index contributed by atoms with van der Waals surface area (Å²) in [5.74, 6) is 0.524. The Balaban J connectivity index is 2.10. The molecule has 2 unspecified atom stereocenters. The van der Waals surface area contributed by atoms with Crippen LogP contribution in [0.3, 0.4) is 0 Å². The Morgan fingerprint density at radius 1 is 1.14 bits per heavy atom.